The average molecular weight is 502 g/mol. The molecule has 2 N–H and O–H groups in total. The van der Waals surface area contributed by atoms with Crippen LogP contribution in [0.2, 0.25) is 0 Å². The zero-order valence-corrected chi connectivity index (χ0v) is 20.0. The van der Waals surface area contributed by atoms with Crippen molar-refractivity contribution in [1.29, 1.82) is 0 Å². The Kier molecular flexibility index (Phi) is 7.86. The summed E-state index contributed by atoms with van der Waals surface area (Å²) in [6, 6.07) is 14.5. The van der Waals surface area contributed by atoms with Crippen molar-refractivity contribution >= 4 is 45.2 Å². The van der Waals surface area contributed by atoms with E-state index in [1.165, 1.54) is 11.8 Å². The Labute approximate surface area is 194 Å². The van der Waals surface area contributed by atoms with Gasteiger partial charge in [-0.05, 0) is 57.2 Å². The zero-order valence-electron chi connectivity index (χ0n) is 17.6. The van der Waals surface area contributed by atoms with E-state index < -0.39 is 0 Å². The lowest BCUT2D eigenvalue weighted by molar-refractivity contribution is -0.113. The minimum atomic E-state index is -0.327. The maximum Gasteiger partial charge on any atom is 0.251 e. The predicted molar refractivity (Wildman–Crippen MR) is 126 cm³/mol. The van der Waals surface area contributed by atoms with Crippen molar-refractivity contribution < 1.29 is 9.59 Å². The molecule has 9 heteroatoms. The number of hydrogen-bond acceptors (Lipinski definition) is 5. The number of nitrogens with one attached hydrogen (secondary N) is 2. The lowest BCUT2D eigenvalue weighted by Crippen LogP contribution is -2.28. The molecule has 1 atom stereocenters. The lowest BCUT2D eigenvalue weighted by Gasteiger charge is -2.15. The number of benzene rings is 2. The van der Waals surface area contributed by atoms with Gasteiger partial charge in [0.05, 0.1) is 11.8 Å². The third-order valence-electron chi connectivity index (χ3n) is 4.54. The van der Waals surface area contributed by atoms with E-state index in [9.17, 15) is 9.59 Å². The van der Waals surface area contributed by atoms with Gasteiger partial charge in [-0.2, -0.15) is 0 Å². The number of halogens is 1. The fraction of sp³-hybridized carbons (Fsp3) is 0.273. The van der Waals surface area contributed by atoms with E-state index in [1.54, 1.807) is 6.07 Å². The van der Waals surface area contributed by atoms with Crippen molar-refractivity contribution in [2.45, 2.75) is 38.5 Å². The monoisotopic (exact) mass is 501 g/mol. The summed E-state index contributed by atoms with van der Waals surface area (Å²) in [5, 5.41) is 15.0. The molecule has 0 bridgehead atoms. The molecule has 1 aromatic heterocycles. The Morgan fingerprint density at radius 2 is 1.90 bits per heavy atom. The van der Waals surface area contributed by atoms with Gasteiger partial charge in [-0.1, -0.05) is 45.4 Å². The third kappa shape index (κ3) is 6.18. The molecule has 0 aliphatic carbocycles. The van der Waals surface area contributed by atoms with Gasteiger partial charge < -0.3 is 15.2 Å². The summed E-state index contributed by atoms with van der Waals surface area (Å²) >= 11 is 4.69. The number of anilines is 1. The summed E-state index contributed by atoms with van der Waals surface area (Å²) in [4.78, 5) is 24.8. The van der Waals surface area contributed by atoms with Gasteiger partial charge in [-0.15, -0.1) is 10.2 Å². The van der Waals surface area contributed by atoms with E-state index in [0.29, 0.717) is 23.1 Å². The topological polar surface area (TPSA) is 88.9 Å². The van der Waals surface area contributed by atoms with E-state index in [-0.39, 0.29) is 23.6 Å². The molecular formula is C22H24BrN5O2S. The molecular weight excluding hydrogens is 478 g/mol. The molecule has 2 amide bonds. The molecule has 1 heterocycles. The summed E-state index contributed by atoms with van der Waals surface area (Å²) < 4.78 is 2.87. The standard InChI is InChI=1S/C22H24BrN5O2S/c1-4-28-20(15(3)24-21(30)16-7-5-6-14(2)12-16)26-27-22(28)31-13-19(29)25-18-10-8-17(23)9-11-18/h5-12,15H,4,13H2,1-3H3,(H,24,30)(H,25,29)/t15-/m0/s1. The van der Waals surface area contributed by atoms with Crippen molar-refractivity contribution in [3.8, 4) is 0 Å². The van der Waals surface area contributed by atoms with E-state index in [4.69, 9.17) is 0 Å². The molecule has 0 spiro atoms. The highest BCUT2D eigenvalue weighted by Gasteiger charge is 2.20. The fourth-order valence-electron chi connectivity index (χ4n) is 3.02. The molecule has 0 radical (unpaired) electrons. The first-order valence-electron chi connectivity index (χ1n) is 9.86. The number of amides is 2. The molecule has 0 saturated heterocycles. The SMILES string of the molecule is CCn1c(SCC(=O)Nc2ccc(Br)cc2)nnc1[C@H](C)NC(=O)c1cccc(C)c1. The Bertz CT molecular complexity index is 1070. The Balaban J connectivity index is 1.62. The number of aromatic nitrogens is 3. The highest BCUT2D eigenvalue weighted by Crippen LogP contribution is 2.21. The van der Waals surface area contributed by atoms with Crippen LogP contribution in [0.15, 0.2) is 58.2 Å². The normalized spacial score (nSPS) is 11.7. The van der Waals surface area contributed by atoms with Crippen LogP contribution in [0.1, 0.15) is 41.6 Å². The van der Waals surface area contributed by atoms with Crippen LogP contribution in [0.5, 0.6) is 0 Å². The zero-order chi connectivity index (χ0) is 22.4. The summed E-state index contributed by atoms with van der Waals surface area (Å²) in [6.07, 6.45) is 0. The predicted octanol–water partition coefficient (Wildman–Crippen LogP) is 4.59. The van der Waals surface area contributed by atoms with Crippen molar-refractivity contribution in [2.24, 2.45) is 0 Å². The van der Waals surface area contributed by atoms with Gasteiger partial charge in [0.2, 0.25) is 5.91 Å². The first kappa shape index (κ1) is 23.0. The number of thioether (sulfide) groups is 1. The quantitative estimate of drug-likeness (QED) is 0.440. The highest BCUT2D eigenvalue weighted by atomic mass is 79.9. The van der Waals surface area contributed by atoms with Gasteiger partial charge in [-0.25, -0.2) is 0 Å². The summed E-state index contributed by atoms with van der Waals surface area (Å²) in [7, 11) is 0. The van der Waals surface area contributed by atoms with E-state index >= 15 is 0 Å². The summed E-state index contributed by atoms with van der Waals surface area (Å²) in [6.45, 7) is 6.43. The lowest BCUT2D eigenvalue weighted by atomic mass is 10.1. The molecule has 0 aliphatic heterocycles. The molecule has 3 rings (SSSR count). The molecule has 162 valence electrons. The Morgan fingerprint density at radius 3 is 2.58 bits per heavy atom. The average Bonchev–Trinajstić information content (AvgIpc) is 3.17. The second-order valence-electron chi connectivity index (χ2n) is 6.99. The number of aryl methyl sites for hydroxylation is 1. The number of rotatable bonds is 8. The van der Waals surface area contributed by atoms with E-state index in [2.05, 4.69) is 36.8 Å². The largest absolute Gasteiger partial charge is 0.342 e. The van der Waals surface area contributed by atoms with Crippen molar-refractivity contribution in [2.75, 3.05) is 11.1 Å². The molecule has 0 unspecified atom stereocenters. The van der Waals surface area contributed by atoms with Crippen LogP contribution in [0.3, 0.4) is 0 Å². The number of carbonyl (C=O) groups is 2. The van der Waals surface area contributed by atoms with Crippen LogP contribution in [0, 0.1) is 6.92 Å². The van der Waals surface area contributed by atoms with Crippen LogP contribution < -0.4 is 10.6 Å². The number of hydrogen-bond donors (Lipinski definition) is 2. The minimum absolute atomic E-state index is 0.125. The molecule has 31 heavy (non-hydrogen) atoms. The smallest absolute Gasteiger partial charge is 0.251 e. The van der Waals surface area contributed by atoms with Gasteiger partial charge in [0.15, 0.2) is 11.0 Å². The van der Waals surface area contributed by atoms with Crippen molar-refractivity contribution in [3.63, 3.8) is 0 Å². The third-order valence-corrected chi connectivity index (χ3v) is 6.03. The minimum Gasteiger partial charge on any atom is -0.342 e. The highest BCUT2D eigenvalue weighted by molar-refractivity contribution is 9.10. The van der Waals surface area contributed by atoms with E-state index in [0.717, 1.165) is 15.7 Å². The van der Waals surface area contributed by atoms with Gasteiger partial charge in [-0.3, -0.25) is 9.59 Å². The Morgan fingerprint density at radius 1 is 1.16 bits per heavy atom. The van der Waals surface area contributed by atoms with Gasteiger partial charge in [0.25, 0.3) is 5.91 Å². The Hall–Kier alpha value is -2.65. The van der Waals surface area contributed by atoms with E-state index in [1.807, 2.05) is 67.8 Å². The first-order chi connectivity index (χ1) is 14.9. The van der Waals surface area contributed by atoms with Gasteiger partial charge >= 0.3 is 0 Å². The number of nitrogens with zero attached hydrogens (tertiary/aromatic N) is 3. The van der Waals surface area contributed by atoms with Crippen molar-refractivity contribution in [1.82, 2.24) is 20.1 Å². The van der Waals surface area contributed by atoms with Gasteiger partial charge in [0, 0.05) is 22.3 Å². The fourth-order valence-corrected chi connectivity index (χ4v) is 4.09. The van der Waals surface area contributed by atoms with Gasteiger partial charge in [0.1, 0.15) is 0 Å². The van der Waals surface area contributed by atoms with Crippen LogP contribution in [-0.4, -0.2) is 32.3 Å². The molecule has 7 nitrogen and oxygen atoms in total. The van der Waals surface area contributed by atoms with Crippen LogP contribution in [0.4, 0.5) is 5.69 Å². The van der Waals surface area contributed by atoms with Crippen LogP contribution in [-0.2, 0) is 11.3 Å². The molecule has 2 aromatic carbocycles. The van der Waals surface area contributed by atoms with Crippen LogP contribution in [0.25, 0.3) is 0 Å². The molecule has 3 aromatic rings. The van der Waals surface area contributed by atoms with Crippen LogP contribution >= 0.6 is 27.7 Å². The maximum atomic E-state index is 12.6. The second-order valence-corrected chi connectivity index (χ2v) is 8.85. The molecule has 0 aliphatic rings. The summed E-state index contributed by atoms with van der Waals surface area (Å²) in [5.41, 5.74) is 2.37. The second kappa shape index (κ2) is 10.6. The molecule has 0 saturated carbocycles. The molecule has 0 fully saturated rings. The first-order valence-corrected chi connectivity index (χ1v) is 11.6. The van der Waals surface area contributed by atoms with Crippen molar-refractivity contribution in [3.05, 3.63) is 70.0 Å². The number of carbonyl (C=O) groups excluding carboxylic acids is 2. The summed E-state index contributed by atoms with van der Waals surface area (Å²) in [5.74, 6) is 0.572. The maximum absolute atomic E-state index is 12.6.